The molecule has 0 radical (unpaired) electrons. The lowest BCUT2D eigenvalue weighted by Crippen LogP contribution is -2.24. The summed E-state index contributed by atoms with van der Waals surface area (Å²) >= 11 is 0. The highest BCUT2D eigenvalue weighted by atomic mass is 16.5. The molecule has 2 heterocycles. The molecule has 0 spiro atoms. The van der Waals surface area contributed by atoms with Crippen LogP contribution in [0.5, 0.6) is 5.75 Å². The third kappa shape index (κ3) is 1.47. The Balaban J connectivity index is 1.84. The van der Waals surface area contributed by atoms with Gasteiger partial charge in [-0.05, 0) is 30.5 Å². The van der Waals surface area contributed by atoms with Crippen molar-refractivity contribution in [1.29, 1.82) is 0 Å². The summed E-state index contributed by atoms with van der Waals surface area (Å²) in [6, 6.07) is 8.95. The Labute approximate surface area is 95.7 Å². The normalized spacial score (nSPS) is 27.2. The van der Waals surface area contributed by atoms with Crippen LogP contribution in [0.4, 0.5) is 0 Å². The van der Waals surface area contributed by atoms with E-state index in [-0.39, 0.29) is 0 Å². The fourth-order valence-corrected chi connectivity index (χ4v) is 2.68. The summed E-state index contributed by atoms with van der Waals surface area (Å²) in [7, 11) is 1.70. The zero-order valence-corrected chi connectivity index (χ0v) is 9.47. The molecule has 84 valence electrons. The fraction of sp³-hybridized carbons (Fsp3) is 0.462. The van der Waals surface area contributed by atoms with Crippen LogP contribution in [0.15, 0.2) is 29.4 Å². The van der Waals surface area contributed by atoms with Crippen molar-refractivity contribution < 1.29 is 4.74 Å². The maximum atomic E-state index is 5.17. The van der Waals surface area contributed by atoms with Crippen LogP contribution in [-0.4, -0.2) is 30.9 Å². The molecule has 3 rings (SSSR count). The Morgan fingerprint density at radius 3 is 2.88 bits per heavy atom. The lowest BCUT2D eigenvalue weighted by molar-refractivity contribution is 0.285. The van der Waals surface area contributed by atoms with E-state index in [4.69, 9.17) is 4.74 Å². The standard InChI is InChI=1S/C13H16N2O/c1-16-11-6-4-10(5-7-11)12-9-14-15-8-2-3-13(12)15/h4-7,9,12-13H,2-3,8H2,1H3. The molecule has 0 N–H and O–H groups in total. The smallest absolute Gasteiger partial charge is 0.118 e. The highest BCUT2D eigenvalue weighted by Crippen LogP contribution is 2.34. The molecular formula is C13H16N2O. The van der Waals surface area contributed by atoms with Gasteiger partial charge in [0.2, 0.25) is 0 Å². The first-order valence-corrected chi connectivity index (χ1v) is 5.83. The zero-order valence-electron chi connectivity index (χ0n) is 9.47. The lowest BCUT2D eigenvalue weighted by atomic mass is 9.92. The van der Waals surface area contributed by atoms with E-state index >= 15 is 0 Å². The molecule has 2 aliphatic heterocycles. The minimum absolute atomic E-state index is 0.466. The van der Waals surface area contributed by atoms with Gasteiger partial charge in [0, 0.05) is 18.7 Å². The van der Waals surface area contributed by atoms with E-state index in [1.54, 1.807) is 7.11 Å². The fourth-order valence-electron chi connectivity index (χ4n) is 2.68. The van der Waals surface area contributed by atoms with Gasteiger partial charge >= 0.3 is 0 Å². The molecule has 0 saturated carbocycles. The van der Waals surface area contributed by atoms with E-state index in [1.165, 1.54) is 18.4 Å². The maximum Gasteiger partial charge on any atom is 0.118 e. The Morgan fingerprint density at radius 2 is 2.12 bits per heavy atom. The van der Waals surface area contributed by atoms with Crippen molar-refractivity contribution in [2.75, 3.05) is 13.7 Å². The average Bonchev–Trinajstić information content (AvgIpc) is 2.91. The van der Waals surface area contributed by atoms with Crippen LogP contribution in [0.1, 0.15) is 24.3 Å². The number of nitrogens with zero attached hydrogens (tertiary/aromatic N) is 2. The lowest BCUT2D eigenvalue weighted by Gasteiger charge is -2.19. The van der Waals surface area contributed by atoms with E-state index in [1.807, 2.05) is 12.1 Å². The van der Waals surface area contributed by atoms with Crippen LogP contribution in [0.25, 0.3) is 0 Å². The van der Waals surface area contributed by atoms with Gasteiger partial charge in [0.15, 0.2) is 0 Å². The van der Waals surface area contributed by atoms with E-state index in [0.717, 1.165) is 12.3 Å². The largest absolute Gasteiger partial charge is 0.497 e. The molecule has 16 heavy (non-hydrogen) atoms. The summed E-state index contributed by atoms with van der Waals surface area (Å²) in [6.07, 6.45) is 4.62. The average molecular weight is 216 g/mol. The minimum Gasteiger partial charge on any atom is -0.497 e. The van der Waals surface area contributed by atoms with E-state index < -0.39 is 0 Å². The summed E-state index contributed by atoms with van der Waals surface area (Å²) in [6.45, 7) is 1.12. The molecule has 3 nitrogen and oxygen atoms in total. The van der Waals surface area contributed by atoms with Crippen LogP contribution in [0.2, 0.25) is 0 Å². The summed E-state index contributed by atoms with van der Waals surface area (Å²) in [5.41, 5.74) is 1.35. The number of ether oxygens (including phenoxy) is 1. The Kier molecular flexibility index (Phi) is 2.31. The predicted molar refractivity (Wildman–Crippen MR) is 64.0 cm³/mol. The monoisotopic (exact) mass is 216 g/mol. The molecule has 1 aromatic carbocycles. The molecule has 1 saturated heterocycles. The second-order valence-electron chi connectivity index (χ2n) is 4.44. The van der Waals surface area contributed by atoms with Gasteiger partial charge in [0.05, 0.1) is 13.2 Å². The first kappa shape index (κ1) is 9.70. The third-order valence-corrected chi connectivity index (χ3v) is 3.56. The molecule has 3 heteroatoms. The van der Waals surface area contributed by atoms with Crippen molar-refractivity contribution >= 4 is 6.21 Å². The van der Waals surface area contributed by atoms with Gasteiger partial charge < -0.3 is 4.74 Å². The van der Waals surface area contributed by atoms with Crippen LogP contribution in [0, 0.1) is 0 Å². The van der Waals surface area contributed by atoms with Crippen LogP contribution >= 0.6 is 0 Å². The van der Waals surface area contributed by atoms with Crippen LogP contribution in [0.3, 0.4) is 0 Å². The molecule has 0 aromatic heterocycles. The Morgan fingerprint density at radius 1 is 1.31 bits per heavy atom. The van der Waals surface area contributed by atoms with Crippen molar-refractivity contribution in [3.05, 3.63) is 29.8 Å². The van der Waals surface area contributed by atoms with Gasteiger partial charge in [0.25, 0.3) is 0 Å². The quantitative estimate of drug-likeness (QED) is 0.757. The molecule has 1 fully saturated rings. The molecule has 1 aromatic rings. The zero-order chi connectivity index (χ0) is 11.0. The highest BCUT2D eigenvalue weighted by Gasteiger charge is 2.35. The molecule has 2 unspecified atom stereocenters. The molecule has 0 bridgehead atoms. The number of hydrogen-bond donors (Lipinski definition) is 0. The molecular weight excluding hydrogens is 200 g/mol. The Bertz CT molecular complexity index is 399. The summed E-state index contributed by atoms with van der Waals surface area (Å²) in [5, 5.41) is 6.71. The molecule has 0 amide bonds. The third-order valence-electron chi connectivity index (χ3n) is 3.56. The van der Waals surface area contributed by atoms with E-state index in [0.29, 0.717) is 12.0 Å². The number of rotatable bonds is 2. The second kappa shape index (κ2) is 3.81. The van der Waals surface area contributed by atoms with Gasteiger partial charge in [-0.25, -0.2) is 0 Å². The number of methoxy groups -OCH3 is 1. The van der Waals surface area contributed by atoms with Crippen LogP contribution < -0.4 is 4.74 Å². The molecule has 2 atom stereocenters. The van der Waals surface area contributed by atoms with E-state index in [9.17, 15) is 0 Å². The topological polar surface area (TPSA) is 24.8 Å². The highest BCUT2D eigenvalue weighted by molar-refractivity contribution is 5.71. The second-order valence-corrected chi connectivity index (χ2v) is 4.44. The van der Waals surface area contributed by atoms with Crippen molar-refractivity contribution in [1.82, 2.24) is 5.01 Å². The van der Waals surface area contributed by atoms with Gasteiger partial charge in [-0.3, -0.25) is 5.01 Å². The van der Waals surface area contributed by atoms with Crippen molar-refractivity contribution in [2.45, 2.75) is 24.8 Å². The summed E-state index contributed by atoms with van der Waals surface area (Å²) in [5.74, 6) is 1.38. The van der Waals surface area contributed by atoms with Gasteiger partial charge in [-0.1, -0.05) is 12.1 Å². The maximum absolute atomic E-state index is 5.17. The minimum atomic E-state index is 0.466. The van der Waals surface area contributed by atoms with Crippen LogP contribution in [-0.2, 0) is 0 Å². The molecule has 2 aliphatic rings. The van der Waals surface area contributed by atoms with Gasteiger partial charge in [0.1, 0.15) is 5.75 Å². The number of hydrazone groups is 1. The molecule has 0 aliphatic carbocycles. The van der Waals surface area contributed by atoms with Crippen molar-refractivity contribution in [2.24, 2.45) is 5.10 Å². The Hall–Kier alpha value is -1.51. The van der Waals surface area contributed by atoms with Gasteiger partial charge in [-0.2, -0.15) is 5.10 Å². The first-order valence-electron chi connectivity index (χ1n) is 5.83. The van der Waals surface area contributed by atoms with E-state index in [2.05, 4.69) is 28.5 Å². The predicted octanol–water partition coefficient (Wildman–Crippen LogP) is 2.24. The SMILES string of the molecule is COc1ccc(C2C=NN3CCCC23)cc1. The van der Waals surface area contributed by atoms with Gasteiger partial charge in [-0.15, -0.1) is 0 Å². The first-order chi connectivity index (χ1) is 7.88. The number of fused-ring (bicyclic) bond motifs is 1. The summed E-state index contributed by atoms with van der Waals surface area (Å²) < 4.78 is 5.17. The number of benzene rings is 1. The number of hydrogen-bond acceptors (Lipinski definition) is 3. The van der Waals surface area contributed by atoms with Crippen molar-refractivity contribution in [3.8, 4) is 5.75 Å². The van der Waals surface area contributed by atoms with Crippen molar-refractivity contribution in [3.63, 3.8) is 0 Å². The summed E-state index contributed by atoms with van der Waals surface area (Å²) in [4.78, 5) is 0.